The number of aryl methyl sites for hydroxylation is 4. The second-order valence-electron chi connectivity index (χ2n) is 10.5. The first-order chi connectivity index (χ1) is 19.2. The summed E-state index contributed by atoms with van der Waals surface area (Å²) in [6.45, 7) is 8.26. The first-order valence-electron chi connectivity index (χ1n) is 14.4. The number of rotatable bonds is 16. The fourth-order valence-electron chi connectivity index (χ4n) is 4.52. The Kier molecular flexibility index (Phi) is 11.7. The van der Waals surface area contributed by atoms with E-state index in [0.717, 1.165) is 37.7 Å². The van der Waals surface area contributed by atoms with Crippen LogP contribution in [0.4, 0.5) is 0 Å². The predicted octanol–water partition coefficient (Wildman–Crippen LogP) is 5.12. The SMILES string of the molecule is CCCCCCc1nn(CCc2ccc(OC(C)(C)C(=O)OCC)cc2)c(=O)n(CCCc2ccccc2)c1=O. The lowest BCUT2D eigenvalue weighted by Crippen LogP contribution is -2.44. The van der Waals surface area contributed by atoms with Gasteiger partial charge in [-0.05, 0) is 76.1 Å². The van der Waals surface area contributed by atoms with Crippen LogP contribution in [0.3, 0.4) is 0 Å². The molecule has 0 saturated carbocycles. The largest absolute Gasteiger partial charge is 0.476 e. The highest BCUT2D eigenvalue weighted by molar-refractivity contribution is 5.79. The zero-order chi connectivity index (χ0) is 29.0. The summed E-state index contributed by atoms with van der Waals surface area (Å²) in [5.41, 5.74) is 0.892. The summed E-state index contributed by atoms with van der Waals surface area (Å²) in [7, 11) is 0. The molecular formula is C32H43N3O5. The monoisotopic (exact) mass is 549 g/mol. The zero-order valence-corrected chi connectivity index (χ0v) is 24.4. The summed E-state index contributed by atoms with van der Waals surface area (Å²) >= 11 is 0. The summed E-state index contributed by atoms with van der Waals surface area (Å²) in [6, 6.07) is 17.5. The highest BCUT2D eigenvalue weighted by Crippen LogP contribution is 2.20. The van der Waals surface area contributed by atoms with E-state index in [2.05, 4.69) is 24.2 Å². The lowest BCUT2D eigenvalue weighted by Gasteiger charge is -2.24. The molecule has 0 aliphatic rings. The standard InChI is InChI=1S/C32H43N3O5/c1-5-7-8-12-17-28-29(36)34(23-13-16-25-14-10-9-11-15-25)31(38)35(33-28)24-22-26-18-20-27(21-19-26)40-32(3,4)30(37)39-6-2/h9-11,14-15,18-21H,5-8,12-13,16-17,22-24H2,1-4H3. The molecule has 8 nitrogen and oxygen atoms in total. The fraction of sp³-hybridized carbons (Fsp3) is 0.500. The first kappa shape index (κ1) is 30.9. The zero-order valence-electron chi connectivity index (χ0n) is 24.4. The van der Waals surface area contributed by atoms with Gasteiger partial charge in [-0.3, -0.25) is 9.36 Å². The Morgan fingerprint density at radius 1 is 0.825 bits per heavy atom. The number of hydrogen-bond acceptors (Lipinski definition) is 6. The van der Waals surface area contributed by atoms with Gasteiger partial charge >= 0.3 is 11.7 Å². The quantitative estimate of drug-likeness (QED) is 0.182. The van der Waals surface area contributed by atoms with E-state index in [1.807, 2.05) is 30.3 Å². The Morgan fingerprint density at radius 3 is 2.20 bits per heavy atom. The number of ether oxygens (including phenoxy) is 2. The van der Waals surface area contributed by atoms with E-state index in [1.165, 1.54) is 14.8 Å². The lowest BCUT2D eigenvalue weighted by atomic mass is 10.1. The van der Waals surface area contributed by atoms with Gasteiger partial charge in [-0.2, -0.15) is 5.10 Å². The smallest absolute Gasteiger partial charge is 0.349 e. The van der Waals surface area contributed by atoms with E-state index in [0.29, 0.717) is 50.4 Å². The van der Waals surface area contributed by atoms with Gasteiger partial charge in [0.15, 0.2) is 5.60 Å². The van der Waals surface area contributed by atoms with E-state index in [1.54, 1.807) is 32.9 Å². The van der Waals surface area contributed by atoms with Crippen molar-refractivity contribution in [2.24, 2.45) is 0 Å². The molecule has 0 atom stereocenters. The number of carbonyl (C=O) groups is 1. The molecule has 3 aromatic rings. The molecule has 216 valence electrons. The van der Waals surface area contributed by atoms with Crippen LogP contribution in [-0.2, 0) is 41.9 Å². The van der Waals surface area contributed by atoms with Gasteiger partial charge in [0.25, 0.3) is 5.56 Å². The Hall–Kier alpha value is -3.68. The molecule has 2 aromatic carbocycles. The van der Waals surface area contributed by atoms with E-state index in [4.69, 9.17) is 9.47 Å². The molecule has 0 bridgehead atoms. The number of carbonyl (C=O) groups excluding carboxylic acids is 1. The van der Waals surface area contributed by atoms with Crippen molar-refractivity contribution in [1.29, 1.82) is 0 Å². The van der Waals surface area contributed by atoms with E-state index < -0.39 is 11.6 Å². The molecule has 0 spiro atoms. The van der Waals surface area contributed by atoms with E-state index in [9.17, 15) is 14.4 Å². The summed E-state index contributed by atoms with van der Waals surface area (Å²) in [5, 5.41) is 4.51. The van der Waals surface area contributed by atoms with Crippen molar-refractivity contribution < 1.29 is 14.3 Å². The molecule has 0 radical (unpaired) electrons. The summed E-state index contributed by atoms with van der Waals surface area (Å²) in [5.74, 6) is 0.132. The molecule has 8 heteroatoms. The molecule has 0 N–H and O–H groups in total. The van der Waals surface area contributed by atoms with Crippen molar-refractivity contribution in [2.75, 3.05) is 6.61 Å². The molecule has 0 saturated heterocycles. The minimum absolute atomic E-state index is 0.267. The first-order valence-corrected chi connectivity index (χ1v) is 14.4. The maximum atomic E-state index is 13.3. The molecule has 3 rings (SSSR count). The second-order valence-corrected chi connectivity index (χ2v) is 10.5. The van der Waals surface area contributed by atoms with Gasteiger partial charge in [0, 0.05) is 6.54 Å². The molecule has 0 aliphatic heterocycles. The van der Waals surface area contributed by atoms with Crippen LogP contribution in [0.25, 0.3) is 0 Å². The average molecular weight is 550 g/mol. The Labute approximate surface area is 237 Å². The second kappa shape index (κ2) is 15.2. The minimum atomic E-state index is -1.10. The fourth-order valence-corrected chi connectivity index (χ4v) is 4.52. The van der Waals surface area contributed by atoms with Crippen LogP contribution >= 0.6 is 0 Å². The maximum Gasteiger partial charge on any atom is 0.349 e. The molecular weight excluding hydrogens is 506 g/mol. The molecule has 0 amide bonds. The summed E-state index contributed by atoms with van der Waals surface area (Å²) in [6.07, 6.45) is 6.76. The van der Waals surface area contributed by atoms with Crippen molar-refractivity contribution in [3.8, 4) is 5.75 Å². The number of nitrogens with zero attached hydrogens (tertiary/aromatic N) is 3. The Morgan fingerprint density at radius 2 is 1.52 bits per heavy atom. The summed E-state index contributed by atoms with van der Waals surface area (Å²) in [4.78, 5) is 38.6. The van der Waals surface area contributed by atoms with Crippen molar-refractivity contribution in [3.05, 3.63) is 92.3 Å². The van der Waals surface area contributed by atoms with Crippen molar-refractivity contribution in [1.82, 2.24) is 14.3 Å². The highest BCUT2D eigenvalue weighted by Gasteiger charge is 2.31. The highest BCUT2D eigenvalue weighted by atomic mass is 16.6. The van der Waals surface area contributed by atoms with Crippen LogP contribution in [0.2, 0.25) is 0 Å². The van der Waals surface area contributed by atoms with Crippen molar-refractivity contribution >= 4 is 5.97 Å². The van der Waals surface area contributed by atoms with Gasteiger partial charge in [0.05, 0.1) is 13.2 Å². The van der Waals surface area contributed by atoms with Gasteiger partial charge in [-0.25, -0.2) is 14.3 Å². The van der Waals surface area contributed by atoms with Crippen LogP contribution in [0.5, 0.6) is 5.75 Å². The third kappa shape index (κ3) is 8.93. The van der Waals surface area contributed by atoms with Gasteiger partial charge in [0.1, 0.15) is 11.4 Å². The molecule has 0 fully saturated rings. The van der Waals surface area contributed by atoms with E-state index in [-0.39, 0.29) is 11.2 Å². The number of esters is 1. The Bertz CT molecular complexity index is 1330. The average Bonchev–Trinajstić information content (AvgIpc) is 2.94. The number of unbranched alkanes of at least 4 members (excludes halogenated alkanes) is 3. The molecule has 1 aromatic heterocycles. The van der Waals surface area contributed by atoms with Crippen molar-refractivity contribution in [2.45, 2.75) is 97.8 Å². The Balaban J connectivity index is 1.73. The number of benzene rings is 2. The summed E-state index contributed by atoms with van der Waals surface area (Å²) < 4.78 is 13.7. The molecule has 40 heavy (non-hydrogen) atoms. The van der Waals surface area contributed by atoms with Gasteiger partial charge < -0.3 is 9.47 Å². The number of aromatic nitrogens is 3. The molecule has 0 unspecified atom stereocenters. The maximum absolute atomic E-state index is 13.3. The van der Waals surface area contributed by atoms with Crippen LogP contribution in [-0.4, -0.2) is 32.5 Å². The third-order valence-electron chi connectivity index (χ3n) is 6.82. The van der Waals surface area contributed by atoms with Crippen LogP contribution < -0.4 is 16.0 Å². The van der Waals surface area contributed by atoms with E-state index >= 15 is 0 Å². The minimum Gasteiger partial charge on any atom is -0.476 e. The van der Waals surface area contributed by atoms with Gasteiger partial charge in [-0.1, -0.05) is 68.7 Å². The third-order valence-corrected chi connectivity index (χ3v) is 6.82. The lowest BCUT2D eigenvalue weighted by molar-refractivity contribution is -0.158. The van der Waals surface area contributed by atoms with Crippen LogP contribution in [0.1, 0.15) is 76.6 Å². The van der Waals surface area contributed by atoms with Crippen LogP contribution in [0.15, 0.2) is 64.2 Å². The van der Waals surface area contributed by atoms with Crippen molar-refractivity contribution in [3.63, 3.8) is 0 Å². The molecule has 1 heterocycles. The number of hydrogen-bond donors (Lipinski definition) is 0. The van der Waals surface area contributed by atoms with Gasteiger partial charge in [0.2, 0.25) is 0 Å². The molecule has 0 aliphatic carbocycles. The topological polar surface area (TPSA) is 92.4 Å². The van der Waals surface area contributed by atoms with Crippen LogP contribution in [0, 0.1) is 0 Å². The van der Waals surface area contributed by atoms with Gasteiger partial charge in [-0.15, -0.1) is 0 Å². The predicted molar refractivity (Wildman–Crippen MR) is 157 cm³/mol. The normalized spacial score (nSPS) is 11.4.